The molecule has 13 rings (SSSR count). The van der Waals surface area contributed by atoms with Crippen molar-refractivity contribution in [2.24, 2.45) is 28.2 Å². The summed E-state index contributed by atoms with van der Waals surface area (Å²) in [5.74, 6) is -4.34. The molecule has 129 heavy (non-hydrogen) atoms. The summed E-state index contributed by atoms with van der Waals surface area (Å²) in [6.07, 6.45) is 23.5. The van der Waals surface area contributed by atoms with Crippen LogP contribution in [0.2, 0.25) is 0 Å². The van der Waals surface area contributed by atoms with Gasteiger partial charge in [-0.25, -0.2) is 4.98 Å². The van der Waals surface area contributed by atoms with Crippen LogP contribution in [0.5, 0.6) is 34.5 Å². The lowest BCUT2D eigenvalue weighted by Gasteiger charge is -2.32. The van der Waals surface area contributed by atoms with Gasteiger partial charge >= 0.3 is 38.3 Å². The number of alkyl halides is 6. The molecule has 5 aromatic heterocycles. The smallest absolute Gasteiger partial charge is 0.496 e. The van der Waals surface area contributed by atoms with Gasteiger partial charge in [-0.2, -0.15) is 55.5 Å². The fourth-order valence-corrected chi connectivity index (χ4v) is 12.0. The number of imidazole rings is 1. The second kappa shape index (κ2) is 47.7. The Balaban J connectivity index is 0.000000246. The van der Waals surface area contributed by atoms with E-state index in [-0.39, 0.29) is 93.1 Å². The molecule has 0 spiro atoms. The molecule has 1 fully saturated rings. The van der Waals surface area contributed by atoms with Gasteiger partial charge in [-0.1, -0.05) is 34.1 Å². The molecule has 0 atom stereocenters. The Labute approximate surface area is 744 Å². The van der Waals surface area contributed by atoms with Gasteiger partial charge in [-0.3, -0.25) is 68.0 Å². The lowest BCUT2D eigenvalue weighted by Crippen LogP contribution is -2.41. The van der Waals surface area contributed by atoms with Crippen LogP contribution in [0.15, 0.2) is 170 Å². The number of fused-ring (bicyclic) bond motifs is 1. The van der Waals surface area contributed by atoms with E-state index < -0.39 is 81.1 Å². The Bertz CT molecular complexity index is 5890. The van der Waals surface area contributed by atoms with Gasteiger partial charge in [0.15, 0.2) is 0 Å². The molecule has 6 heterocycles. The van der Waals surface area contributed by atoms with Gasteiger partial charge in [0.05, 0.1) is 82.6 Å². The number of benzene rings is 7. The van der Waals surface area contributed by atoms with Gasteiger partial charge in [-0.15, -0.1) is 12.8 Å². The number of carbonyl (C=O) groups is 3. The van der Waals surface area contributed by atoms with Crippen molar-refractivity contribution in [3.05, 3.63) is 228 Å². The number of halogens is 9. The molecular formula is C82H86B3BrF8N18O17. The first-order valence-corrected chi connectivity index (χ1v) is 38.6. The molecule has 1 aliphatic heterocycles. The van der Waals surface area contributed by atoms with Crippen molar-refractivity contribution in [1.29, 1.82) is 0 Å². The van der Waals surface area contributed by atoms with Crippen LogP contribution in [-0.4, -0.2) is 176 Å². The molecule has 1 saturated heterocycles. The number of aromatic nitrogens is 10. The van der Waals surface area contributed by atoms with Crippen LogP contribution < -0.4 is 60.9 Å². The highest BCUT2D eigenvalue weighted by atomic mass is 79.9. The highest BCUT2D eigenvalue weighted by molar-refractivity contribution is 9.10. The normalized spacial score (nSPS) is 11.8. The van der Waals surface area contributed by atoms with Crippen molar-refractivity contribution in [1.82, 2.24) is 64.6 Å². The number of methoxy groups -OCH3 is 3. The molecule has 12 aromatic rings. The number of nitrogens with one attached hydrogen (secondary N) is 4. The standard InChI is InChI=1S/C22H21F2N5O3.C21H21F2N5O5.C11H14F2N2O3.C10H17BN2O2.C10H8FN3O2.C6H3BrFNO2.C2H2.B2/c1-4-25-21(30)20-18(31-3)8-15(9-19(20)32-22(23)24)29-12-26-16-7-13(5-6-17(16)29)14-10-27-28(2)11-14;1-4-24-20(29)19-17(32-3)8-14(9-18(19)33-21(22)23)26-15-6-5-12(7-16(15)28(30)31)13-10-25-27(2)11-13;1-3-15-10(16)9-7(17-2)4-6(14)5-8(9)18-11(12)13;1-9(2)10(3,4)15-11(14-9)8-6-12-13(5)7-8;1-13-6-8(5-12-13)7-2-3-9(11)10(4-7)14(15)16;7-4-1-2-5(8)6(3-4)9(10)11;2*1-2/h5-12,22H,4H2,1-3H3,(H,25,30);5-11,21,26H,4H2,1-3H3,(H,24,29);4-5,11H,3,14H2,1-2H3,(H,15,16);6-7H,1-5H3;2-6H,1H3;1-3H;1-2H;. The summed E-state index contributed by atoms with van der Waals surface area (Å²) in [6, 6.07) is 25.6. The molecule has 1 aliphatic rings. The molecule has 0 bridgehead atoms. The number of hydrogen-bond acceptors (Lipinski definition) is 24. The quantitative estimate of drug-likeness (QED) is 0.00886. The van der Waals surface area contributed by atoms with E-state index in [0.29, 0.717) is 51.0 Å². The number of ether oxygens (including phenoxy) is 6. The minimum atomic E-state index is -3.20. The molecule has 7 aromatic carbocycles. The number of nitrogens with two attached hydrogens (primary N) is 1. The van der Waals surface area contributed by atoms with Crippen molar-refractivity contribution in [2.45, 2.75) is 79.5 Å². The average molecular weight is 1860 g/mol. The first-order chi connectivity index (χ1) is 61.1. The number of nitro groups is 3. The zero-order valence-electron chi connectivity index (χ0n) is 71.6. The van der Waals surface area contributed by atoms with Crippen LogP contribution in [-0.2, 0) is 37.5 Å². The monoisotopic (exact) mass is 1860 g/mol. The summed E-state index contributed by atoms with van der Waals surface area (Å²) in [7, 11) is 18.8. The summed E-state index contributed by atoms with van der Waals surface area (Å²) < 4.78 is 152. The summed E-state index contributed by atoms with van der Waals surface area (Å²) in [6.45, 7) is 4.84. The van der Waals surface area contributed by atoms with Crippen LogP contribution >= 0.6 is 15.9 Å². The van der Waals surface area contributed by atoms with E-state index in [1.165, 1.54) is 69.9 Å². The topological polar surface area (TPSA) is 418 Å². The molecule has 47 heteroatoms. The minimum absolute atomic E-state index is 0.0452. The number of aryl methyl sites for hydroxylation is 4. The second-order valence-corrected chi connectivity index (χ2v) is 28.3. The molecular weight excluding hydrogens is 1770 g/mol. The minimum Gasteiger partial charge on any atom is -0.496 e. The predicted octanol–water partition coefficient (Wildman–Crippen LogP) is 14.4. The van der Waals surface area contributed by atoms with Gasteiger partial charge in [0, 0.05) is 187 Å². The number of hydrogen-bond donors (Lipinski definition) is 5. The lowest BCUT2D eigenvalue weighted by atomic mass is 9.81. The molecule has 4 radical (unpaired) electrons. The van der Waals surface area contributed by atoms with Crippen molar-refractivity contribution in [3.63, 3.8) is 0 Å². The number of nitrogen functional groups attached to an aromatic ring is 1. The molecule has 35 nitrogen and oxygen atoms in total. The first-order valence-electron chi connectivity index (χ1n) is 37.8. The van der Waals surface area contributed by atoms with E-state index in [0.717, 1.165) is 52.4 Å². The van der Waals surface area contributed by atoms with Crippen LogP contribution in [0.25, 0.3) is 50.1 Å². The largest absolute Gasteiger partial charge is 0.498 e. The maximum Gasteiger partial charge on any atom is 0.498 e. The van der Waals surface area contributed by atoms with Crippen LogP contribution in [0.3, 0.4) is 0 Å². The molecule has 0 unspecified atom stereocenters. The van der Waals surface area contributed by atoms with E-state index in [1.807, 2.05) is 72.4 Å². The van der Waals surface area contributed by atoms with Crippen LogP contribution in [0.4, 0.5) is 69.2 Å². The van der Waals surface area contributed by atoms with Crippen molar-refractivity contribution in [3.8, 4) is 86.4 Å². The molecule has 6 N–H and O–H groups in total. The third-order valence-corrected chi connectivity index (χ3v) is 18.6. The molecule has 0 saturated carbocycles. The van der Waals surface area contributed by atoms with Gasteiger partial charge in [0.25, 0.3) is 23.4 Å². The van der Waals surface area contributed by atoms with Crippen molar-refractivity contribution < 1.29 is 102 Å². The fourth-order valence-electron chi connectivity index (χ4n) is 11.7. The van der Waals surface area contributed by atoms with E-state index in [1.54, 1.807) is 114 Å². The van der Waals surface area contributed by atoms with Crippen molar-refractivity contribution >= 4 is 107 Å². The summed E-state index contributed by atoms with van der Waals surface area (Å²) >= 11 is 2.99. The Morgan fingerprint density at radius 1 is 0.519 bits per heavy atom. The maximum atomic E-state index is 13.1. The van der Waals surface area contributed by atoms with Gasteiger partial charge in [-0.05, 0) is 102 Å². The van der Waals surface area contributed by atoms with E-state index in [2.05, 4.69) is 105 Å². The molecule has 3 amide bonds. The number of terminal acetylenes is 1. The van der Waals surface area contributed by atoms with Gasteiger partial charge in [0.1, 0.15) is 63.2 Å². The maximum absolute atomic E-state index is 13.1. The summed E-state index contributed by atoms with van der Waals surface area (Å²) in [5.41, 5.74) is 11.0. The highest BCUT2D eigenvalue weighted by Gasteiger charge is 2.52. The Morgan fingerprint density at radius 2 is 0.884 bits per heavy atom. The lowest BCUT2D eigenvalue weighted by molar-refractivity contribution is -0.387. The zero-order valence-corrected chi connectivity index (χ0v) is 73.1. The van der Waals surface area contributed by atoms with Crippen LogP contribution in [0.1, 0.15) is 79.5 Å². The van der Waals surface area contributed by atoms with E-state index in [4.69, 9.17) is 29.3 Å². The average Bonchev–Trinajstić information content (AvgIpc) is 1.66. The number of amides is 3. The molecule has 678 valence electrons. The van der Waals surface area contributed by atoms with Crippen LogP contribution in [0, 0.1) is 54.8 Å². The Morgan fingerprint density at radius 3 is 1.29 bits per heavy atom. The fraction of sp³-hybridized carbons (Fsp3) is 0.268. The highest BCUT2D eigenvalue weighted by Crippen LogP contribution is 2.41. The Kier molecular flexibility index (Phi) is 38.2. The first kappa shape index (κ1) is 103. The number of nitro benzene ring substituents is 3. The second-order valence-electron chi connectivity index (χ2n) is 27.3. The summed E-state index contributed by atoms with van der Waals surface area (Å²) in [4.78, 5) is 71.4. The third-order valence-electron chi connectivity index (χ3n) is 18.1. The molecule has 0 aliphatic carbocycles. The van der Waals surface area contributed by atoms with E-state index >= 15 is 0 Å². The predicted molar refractivity (Wildman–Crippen MR) is 469 cm³/mol. The SMILES string of the molecule is C#C.CCNC(=O)c1c(OC)cc(-n2cnc3cc(-c4cnn(C)c4)ccc32)cc1OC(F)F.CCNC(=O)c1c(OC)cc(N)cc1OC(F)F.CCNC(=O)c1c(OC)cc(Nc2ccc(-c3cnn(C)c3)cc2[N+](=O)[O-])cc1OC(F)F.Cn1cc(-c2ccc(F)c([N+](=O)[O-])c2)cn1.Cn1cc(B2OC(C)(C)C(C)(C)O2)cn1.O=[N+]([O-])c1cc(Br)ccc1F.[B][B]. The van der Waals surface area contributed by atoms with Crippen molar-refractivity contribution in [2.75, 3.05) is 52.0 Å². The zero-order chi connectivity index (χ0) is 96.1. The van der Waals surface area contributed by atoms with Gasteiger partial charge < -0.3 is 64.7 Å². The number of anilines is 3. The van der Waals surface area contributed by atoms with E-state index in [9.17, 15) is 79.8 Å². The summed E-state index contributed by atoms with van der Waals surface area (Å²) in [5, 5.41) is 59.1. The van der Waals surface area contributed by atoms with Gasteiger partial charge in [0.2, 0.25) is 11.6 Å². The Hall–Kier alpha value is -14.5. The number of rotatable bonds is 25. The number of carbonyl (C=O) groups excluding carboxylic acids is 3. The third kappa shape index (κ3) is 28.0. The number of nitrogens with zero attached hydrogens (tertiary/aromatic N) is 13.